The van der Waals surface area contributed by atoms with Gasteiger partial charge in [0.15, 0.2) is 12.6 Å². The Morgan fingerprint density at radius 3 is 1.86 bits per heavy atom. The number of hydrogen-bond acceptors (Lipinski definition) is 13. The van der Waals surface area contributed by atoms with Gasteiger partial charge in [0.1, 0.15) is 12.2 Å². The molecule has 0 aliphatic carbocycles. The summed E-state index contributed by atoms with van der Waals surface area (Å²) in [7, 11) is 4.48. The molecule has 0 spiro atoms. The molecule has 1 heterocycles. The molecule has 1 aliphatic rings. The number of aliphatic hydroxyl groups excluding tert-OH is 4. The van der Waals surface area contributed by atoms with E-state index in [0.29, 0.717) is 13.2 Å². The van der Waals surface area contributed by atoms with Crippen LogP contribution in [0.4, 0.5) is 0 Å². The van der Waals surface area contributed by atoms with E-state index >= 15 is 0 Å². The van der Waals surface area contributed by atoms with Gasteiger partial charge in [-0.2, -0.15) is 0 Å². The molecule has 0 radical (unpaired) electrons. The van der Waals surface area contributed by atoms with Gasteiger partial charge in [0.05, 0.1) is 82.4 Å². The van der Waals surface area contributed by atoms with Crippen molar-refractivity contribution in [3.63, 3.8) is 0 Å². The summed E-state index contributed by atoms with van der Waals surface area (Å²) in [6, 6.07) is 0. The van der Waals surface area contributed by atoms with Crippen LogP contribution >= 0.6 is 0 Å². The van der Waals surface area contributed by atoms with Gasteiger partial charge in [0.25, 0.3) is 0 Å². The smallest absolute Gasteiger partial charge is 0.184 e. The Morgan fingerprint density at radius 2 is 1.32 bits per heavy atom. The maximum atomic E-state index is 11.4. The van der Waals surface area contributed by atoms with Crippen molar-refractivity contribution in [2.75, 3.05) is 61.0 Å². The Balaban J connectivity index is 3.27. The average molecular weight is 643 g/mol. The average Bonchev–Trinajstić information content (AvgIpc) is 2.96. The van der Waals surface area contributed by atoms with Crippen molar-refractivity contribution in [1.29, 1.82) is 0 Å². The molecule has 1 fully saturated rings. The van der Waals surface area contributed by atoms with Crippen LogP contribution in [-0.2, 0) is 42.6 Å². The molecule has 0 saturated carbocycles. The molecule has 0 aromatic rings. The van der Waals surface area contributed by atoms with Gasteiger partial charge in [-0.25, -0.2) is 0 Å². The van der Waals surface area contributed by atoms with Gasteiger partial charge in [0, 0.05) is 27.2 Å². The third kappa shape index (κ3) is 14.9. The number of rotatable bonds is 24. The van der Waals surface area contributed by atoms with E-state index in [1.165, 1.54) is 14.2 Å². The fourth-order valence-electron chi connectivity index (χ4n) is 4.85. The lowest BCUT2D eigenvalue weighted by Crippen LogP contribution is -2.58. The highest BCUT2D eigenvalue weighted by atomic mass is 16.7. The molecule has 1 saturated heterocycles. The van der Waals surface area contributed by atoms with E-state index < -0.39 is 61.2 Å². The second kappa shape index (κ2) is 22.1. The summed E-state index contributed by atoms with van der Waals surface area (Å²) >= 11 is 0. The van der Waals surface area contributed by atoms with Gasteiger partial charge in [-0.1, -0.05) is 20.8 Å². The second-order valence-electron chi connectivity index (χ2n) is 12.4. The highest BCUT2D eigenvalue weighted by molar-refractivity contribution is 4.92. The predicted molar refractivity (Wildman–Crippen MR) is 162 cm³/mol. The summed E-state index contributed by atoms with van der Waals surface area (Å²) in [4.78, 5) is 0. The highest BCUT2D eigenvalue weighted by Gasteiger charge is 2.47. The van der Waals surface area contributed by atoms with Crippen molar-refractivity contribution >= 4 is 0 Å². The molecular formula is C31H62O13. The topological polar surface area (TPSA) is 164 Å². The lowest BCUT2D eigenvalue weighted by molar-refractivity contribution is -0.293. The van der Waals surface area contributed by atoms with Gasteiger partial charge in [-0.05, 0) is 46.0 Å². The molecular weight excluding hydrogens is 580 g/mol. The van der Waals surface area contributed by atoms with Crippen LogP contribution in [-0.4, -0.2) is 149 Å². The summed E-state index contributed by atoms with van der Waals surface area (Å²) in [5.74, 6) is -0.312. The van der Waals surface area contributed by atoms with Crippen LogP contribution in [0.25, 0.3) is 0 Å². The van der Waals surface area contributed by atoms with Crippen LogP contribution in [0.3, 0.4) is 0 Å². The first-order chi connectivity index (χ1) is 20.7. The SMILES string of the molecule is COC(C)COCC1OC(O)C(OC)C(O)C1CC(OC(COCC(C)OCC(C)O)C(C)C(C)C)C(OC)OCC(C)O. The van der Waals surface area contributed by atoms with Gasteiger partial charge in [0.2, 0.25) is 0 Å². The summed E-state index contributed by atoms with van der Waals surface area (Å²) in [6.45, 7) is 14.4. The molecule has 0 bridgehead atoms. The van der Waals surface area contributed by atoms with Gasteiger partial charge < -0.3 is 63.1 Å². The van der Waals surface area contributed by atoms with Crippen molar-refractivity contribution in [2.24, 2.45) is 17.8 Å². The van der Waals surface area contributed by atoms with E-state index in [1.54, 1.807) is 21.0 Å². The molecule has 13 nitrogen and oxygen atoms in total. The fraction of sp³-hybridized carbons (Fsp3) is 1.00. The molecule has 13 heteroatoms. The molecule has 44 heavy (non-hydrogen) atoms. The van der Waals surface area contributed by atoms with E-state index in [0.717, 1.165) is 0 Å². The van der Waals surface area contributed by atoms with Crippen LogP contribution in [0.15, 0.2) is 0 Å². The quantitative estimate of drug-likeness (QED) is 0.112. The normalized spacial score (nSPS) is 28.3. The lowest BCUT2D eigenvalue weighted by Gasteiger charge is -2.44. The molecule has 0 aromatic carbocycles. The Labute approximate surface area is 264 Å². The molecule has 13 atom stereocenters. The molecule has 4 N–H and O–H groups in total. The largest absolute Gasteiger partial charge is 0.391 e. The molecule has 264 valence electrons. The number of hydrogen-bond donors (Lipinski definition) is 4. The van der Waals surface area contributed by atoms with Crippen LogP contribution in [0.2, 0.25) is 0 Å². The summed E-state index contributed by atoms with van der Waals surface area (Å²) in [5, 5.41) is 41.4. The zero-order valence-electron chi connectivity index (χ0n) is 28.5. The first kappa shape index (κ1) is 41.5. The standard InChI is InChI=1S/C31H62O13/c1-18(2)23(7)26(16-40-15-22(6)41-12-19(3)32)43-25(31(38-10)42-13-20(4)33)11-24-27(17-39-14-21(5)36-8)44-30(35)29(37-9)28(24)34/h18-35H,11-17H2,1-10H3. The maximum absolute atomic E-state index is 11.4. The van der Waals surface area contributed by atoms with Crippen molar-refractivity contribution in [1.82, 2.24) is 0 Å². The number of methoxy groups -OCH3 is 3. The first-order valence-corrected chi connectivity index (χ1v) is 15.8. The Hall–Kier alpha value is -0.520. The molecule has 0 amide bonds. The molecule has 1 rings (SSSR count). The lowest BCUT2D eigenvalue weighted by atomic mass is 9.84. The Bertz CT molecular complexity index is 712. The van der Waals surface area contributed by atoms with Crippen LogP contribution in [0.1, 0.15) is 54.9 Å². The maximum Gasteiger partial charge on any atom is 0.184 e. The zero-order chi connectivity index (χ0) is 33.4. The summed E-state index contributed by atoms with van der Waals surface area (Å²) in [5.41, 5.74) is 0. The van der Waals surface area contributed by atoms with Crippen molar-refractivity contribution in [3.8, 4) is 0 Å². The third-order valence-electron chi connectivity index (χ3n) is 7.94. The van der Waals surface area contributed by atoms with Gasteiger partial charge in [-0.15, -0.1) is 0 Å². The minimum atomic E-state index is -1.36. The van der Waals surface area contributed by atoms with E-state index in [4.69, 9.17) is 42.6 Å². The Morgan fingerprint density at radius 1 is 0.705 bits per heavy atom. The summed E-state index contributed by atoms with van der Waals surface area (Å²) < 4.78 is 52.4. The highest BCUT2D eigenvalue weighted by Crippen LogP contribution is 2.34. The van der Waals surface area contributed by atoms with E-state index in [9.17, 15) is 20.4 Å². The van der Waals surface area contributed by atoms with Crippen LogP contribution < -0.4 is 0 Å². The van der Waals surface area contributed by atoms with E-state index in [-0.39, 0.29) is 56.9 Å². The molecule has 1 aliphatic heterocycles. The fourth-order valence-corrected chi connectivity index (χ4v) is 4.85. The van der Waals surface area contributed by atoms with E-state index in [2.05, 4.69) is 20.8 Å². The summed E-state index contributed by atoms with van der Waals surface area (Å²) in [6.07, 6.45) is -7.75. The Kier molecular flexibility index (Phi) is 20.9. The van der Waals surface area contributed by atoms with Gasteiger partial charge in [-0.3, -0.25) is 0 Å². The van der Waals surface area contributed by atoms with Gasteiger partial charge >= 0.3 is 0 Å². The third-order valence-corrected chi connectivity index (χ3v) is 7.94. The van der Waals surface area contributed by atoms with E-state index in [1.807, 2.05) is 13.8 Å². The van der Waals surface area contributed by atoms with Crippen LogP contribution in [0.5, 0.6) is 0 Å². The minimum absolute atomic E-state index is 0.00196. The number of ether oxygens (including phenoxy) is 9. The minimum Gasteiger partial charge on any atom is -0.391 e. The monoisotopic (exact) mass is 642 g/mol. The first-order valence-electron chi connectivity index (χ1n) is 15.8. The molecule has 13 unspecified atom stereocenters. The van der Waals surface area contributed by atoms with Crippen molar-refractivity contribution in [2.45, 2.75) is 122 Å². The van der Waals surface area contributed by atoms with Crippen molar-refractivity contribution in [3.05, 3.63) is 0 Å². The second-order valence-corrected chi connectivity index (χ2v) is 12.4. The zero-order valence-corrected chi connectivity index (χ0v) is 28.5. The van der Waals surface area contributed by atoms with Crippen LogP contribution in [0, 0.1) is 17.8 Å². The number of aliphatic hydroxyl groups is 4. The van der Waals surface area contributed by atoms with Crippen molar-refractivity contribution < 1.29 is 63.1 Å². The molecule has 0 aromatic heterocycles. The predicted octanol–water partition coefficient (Wildman–Crippen LogP) is 1.36.